The second-order valence-corrected chi connectivity index (χ2v) is 8.84. The van der Waals surface area contributed by atoms with Crippen LogP contribution >= 0.6 is 11.8 Å². The van der Waals surface area contributed by atoms with Crippen molar-refractivity contribution in [2.24, 2.45) is 4.99 Å². The standard InChI is InChI=1S/C21H30N4S/c1-4-6-11-16-14-9-8-10-15(14)17-18-19(26-21(17)24-16)20(23-13-22-18)25(3)12-7-5-2/h13,17,21H,4-12H2,1-3H3/t17-,21-/m1/s1. The number of hydrogen-bond acceptors (Lipinski definition) is 5. The Kier molecular flexibility index (Phi) is 5.35. The van der Waals surface area contributed by atoms with Gasteiger partial charge in [0.05, 0.1) is 16.5 Å². The molecule has 4 nitrogen and oxygen atoms in total. The molecule has 0 spiro atoms. The molecule has 3 aliphatic rings. The smallest absolute Gasteiger partial charge is 0.145 e. The van der Waals surface area contributed by atoms with Gasteiger partial charge in [0.25, 0.3) is 0 Å². The van der Waals surface area contributed by atoms with E-state index in [2.05, 4.69) is 30.8 Å². The summed E-state index contributed by atoms with van der Waals surface area (Å²) in [5.41, 5.74) is 5.85. The lowest BCUT2D eigenvalue weighted by Crippen LogP contribution is -2.22. The van der Waals surface area contributed by atoms with Gasteiger partial charge in [-0.1, -0.05) is 44.0 Å². The first-order valence-electron chi connectivity index (χ1n) is 10.3. The highest BCUT2D eigenvalue weighted by molar-refractivity contribution is 8.00. The molecule has 140 valence electrons. The highest BCUT2D eigenvalue weighted by Gasteiger charge is 2.44. The van der Waals surface area contributed by atoms with Crippen LogP contribution < -0.4 is 4.90 Å². The molecular weight excluding hydrogens is 340 g/mol. The van der Waals surface area contributed by atoms with E-state index in [1.807, 2.05) is 11.8 Å². The summed E-state index contributed by atoms with van der Waals surface area (Å²) in [6.45, 7) is 5.56. The molecule has 0 saturated carbocycles. The fourth-order valence-electron chi connectivity index (χ4n) is 4.48. The van der Waals surface area contributed by atoms with Gasteiger partial charge in [-0.2, -0.15) is 0 Å². The highest BCUT2D eigenvalue weighted by Crippen LogP contribution is 2.56. The van der Waals surface area contributed by atoms with Gasteiger partial charge in [-0.3, -0.25) is 4.99 Å². The van der Waals surface area contributed by atoms with Crippen LogP contribution in [0, 0.1) is 0 Å². The SMILES string of the molecule is CCCCC1=N[C@@H]2Sc3c(ncnc3N(C)CCCC)[C@H]2C2=C1CCC2. The van der Waals surface area contributed by atoms with E-state index in [4.69, 9.17) is 9.98 Å². The highest BCUT2D eigenvalue weighted by atomic mass is 32.2. The Morgan fingerprint density at radius 1 is 1.15 bits per heavy atom. The number of aliphatic imine (C=N–C) groups is 1. The summed E-state index contributed by atoms with van der Waals surface area (Å²) in [4.78, 5) is 18.2. The Morgan fingerprint density at radius 2 is 2.00 bits per heavy atom. The lowest BCUT2D eigenvalue weighted by molar-refractivity contribution is 0.689. The third-order valence-corrected chi connectivity index (χ3v) is 7.12. The summed E-state index contributed by atoms with van der Waals surface area (Å²) >= 11 is 1.91. The molecule has 0 saturated heterocycles. The quantitative estimate of drug-likeness (QED) is 0.648. The van der Waals surface area contributed by atoms with Crippen molar-refractivity contribution < 1.29 is 0 Å². The largest absolute Gasteiger partial charge is 0.359 e. The predicted octanol–water partition coefficient (Wildman–Crippen LogP) is 5.35. The molecule has 4 rings (SSSR count). The van der Waals surface area contributed by atoms with E-state index in [9.17, 15) is 0 Å². The van der Waals surface area contributed by atoms with E-state index in [0.29, 0.717) is 5.92 Å². The first-order chi connectivity index (χ1) is 12.7. The number of aromatic nitrogens is 2. The van der Waals surface area contributed by atoms with Crippen molar-refractivity contribution in [3.63, 3.8) is 0 Å². The summed E-state index contributed by atoms with van der Waals surface area (Å²) in [6.07, 6.45) is 11.5. The van der Waals surface area contributed by atoms with Crippen molar-refractivity contribution in [3.05, 3.63) is 23.2 Å². The average molecular weight is 371 g/mol. The number of anilines is 1. The molecule has 1 aromatic heterocycles. The normalized spacial score (nSPS) is 23.6. The van der Waals surface area contributed by atoms with Crippen LogP contribution in [0.4, 0.5) is 5.82 Å². The number of fused-ring (bicyclic) bond motifs is 4. The van der Waals surface area contributed by atoms with Crippen LogP contribution in [0.25, 0.3) is 0 Å². The van der Waals surface area contributed by atoms with E-state index < -0.39 is 0 Å². The third kappa shape index (κ3) is 3.08. The first-order valence-corrected chi connectivity index (χ1v) is 11.1. The molecule has 0 amide bonds. The van der Waals surface area contributed by atoms with Crippen molar-refractivity contribution in [1.82, 2.24) is 9.97 Å². The van der Waals surface area contributed by atoms with Crippen LogP contribution in [0.5, 0.6) is 0 Å². The zero-order valence-corrected chi connectivity index (χ0v) is 17.1. The fraction of sp³-hybridized carbons (Fsp3) is 0.667. The van der Waals surface area contributed by atoms with Crippen molar-refractivity contribution >= 4 is 23.3 Å². The zero-order chi connectivity index (χ0) is 18.1. The molecule has 1 aromatic rings. The van der Waals surface area contributed by atoms with E-state index in [-0.39, 0.29) is 5.37 Å². The van der Waals surface area contributed by atoms with Gasteiger partial charge in [-0.25, -0.2) is 9.97 Å². The predicted molar refractivity (Wildman–Crippen MR) is 110 cm³/mol. The molecule has 0 radical (unpaired) electrons. The molecule has 0 fully saturated rings. The van der Waals surface area contributed by atoms with Crippen molar-refractivity contribution in [3.8, 4) is 0 Å². The second kappa shape index (κ2) is 7.71. The minimum atomic E-state index is 0.281. The van der Waals surface area contributed by atoms with Crippen LogP contribution in [0.1, 0.15) is 76.8 Å². The summed E-state index contributed by atoms with van der Waals surface area (Å²) < 4.78 is 0. The minimum Gasteiger partial charge on any atom is -0.359 e. The second-order valence-electron chi connectivity index (χ2n) is 7.71. The van der Waals surface area contributed by atoms with Gasteiger partial charge in [0.15, 0.2) is 0 Å². The van der Waals surface area contributed by atoms with E-state index >= 15 is 0 Å². The van der Waals surface area contributed by atoms with Gasteiger partial charge in [0, 0.05) is 19.3 Å². The summed E-state index contributed by atoms with van der Waals surface area (Å²) in [6, 6.07) is 0. The van der Waals surface area contributed by atoms with Crippen LogP contribution in [0.15, 0.2) is 27.4 Å². The summed E-state index contributed by atoms with van der Waals surface area (Å²) in [5, 5.41) is 0.281. The van der Waals surface area contributed by atoms with Crippen molar-refractivity contribution in [2.45, 2.75) is 81.4 Å². The van der Waals surface area contributed by atoms with Crippen molar-refractivity contribution in [1.29, 1.82) is 0 Å². The maximum atomic E-state index is 5.24. The lowest BCUT2D eigenvalue weighted by atomic mass is 9.87. The molecule has 1 aliphatic carbocycles. The number of unbranched alkanes of at least 4 members (excludes halogenated alkanes) is 2. The zero-order valence-electron chi connectivity index (χ0n) is 16.3. The maximum absolute atomic E-state index is 5.24. The summed E-state index contributed by atoms with van der Waals surface area (Å²) in [7, 11) is 2.16. The van der Waals surface area contributed by atoms with Crippen molar-refractivity contribution in [2.75, 3.05) is 18.5 Å². The summed E-state index contributed by atoms with van der Waals surface area (Å²) in [5.74, 6) is 1.49. The Labute approximate surface area is 161 Å². The Balaban J connectivity index is 1.68. The number of dihydropyridines is 1. The average Bonchev–Trinajstić information content (AvgIpc) is 3.27. The maximum Gasteiger partial charge on any atom is 0.145 e. The molecule has 0 N–H and O–H groups in total. The minimum absolute atomic E-state index is 0.281. The van der Waals surface area contributed by atoms with Crippen LogP contribution in [0.3, 0.4) is 0 Å². The molecule has 0 aromatic carbocycles. The van der Waals surface area contributed by atoms with Crippen LogP contribution in [-0.4, -0.2) is 34.6 Å². The molecule has 3 heterocycles. The lowest BCUT2D eigenvalue weighted by Gasteiger charge is -2.26. The number of thioether (sulfide) groups is 1. The van der Waals surface area contributed by atoms with Gasteiger partial charge in [0.2, 0.25) is 0 Å². The fourth-order valence-corrected chi connectivity index (χ4v) is 5.94. The molecule has 26 heavy (non-hydrogen) atoms. The first kappa shape index (κ1) is 18.0. The van der Waals surface area contributed by atoms with Gasteiger partial charge in [-0.05, 0) is 44.1 Å². The number of hydrogen-bond donors (Lipinski definition) is 0. The number of rotatable bonds is 7. The molecule has 2 atom stereocenters. The van der Waals surface area contributed by atoms with Gasteiger partial charge in [0.1, 0.15) is 17.5 Å². The van der Waals surface area contributed by atoms with E-state index in [0.717, 1.165) is 18.8 Å². The Hall–Kier alpha value is -1.36. The Bertz CT molecular complexity index is 740. The third-order valence-electron chi connectivity index (χ3n) is 5.87. The van der Waals surface area contributed by atoms with Gasteiger partial charge in [-0.15, -0.1) is 0 Å². The number of nitrogens with zero attached hydrogens (tertiary/aromatic N) is 4. The van der Waals surface area contributed by atoms with Gasteiger partial charge >= 0.3 is 0 Å². The topological polar surface area (TPSA) is 41.4 Å². The Morgan fingerprint density at radius 3 is 2.81 bits per heavy atom. The van der Waals surface area contributed by atoms with Crippen LogP contribution in [-0.2, 0) is 0 Å². The van der Waals surface area contributed by atoms with Gasteiger partial charge < -0.3 is 4.90 Å². The molecular formula is C21H30N4S. The molecule has 0 bridgehead atoms. The monoisotopic (exact) mass is 370 g/mol. The van der Waals surface area contributed by atoms with E-state index in [1.165, 1.54) is 61.2 Å². The molecule has 2 aliphatic heterocycles. The molecule has 0 unspecified atom stereocenters. The van der Waals surface area contributed by atoms with E-state index in [1.54, 1.807) is 17.5 Å². The van der Waals surface area contributed by atoms with Crippen LogP contribution in [0.2, 0.25) is 0 Å². The number of allylic oxidation sites excluding steroid dienone is 1. The molecule has 5 heteroatoms.